The molecule has 196 valence electrons. The van der Waals surface area contributed by atoms with Crippen LogP contribution in [0, 0.1) is 0 Å². The van der Waals surface area contributed by atoms with Crippen LogP contribution >= 0.6 is 0 Å². The Morgan fingerprint density at radius 3 is 1.55 bits per heavy atom. The summed E-state index contributed by atoms with van der Waals surface area (Å²) in [5.41, 5.74) is 0. The topological polar surface area (TPSA) is 75.6 Å². The van der Waals surface area contributed by atoms with E-state index < -0.39 is 6.10 Å². The molecule has 5 heteroatoms. The van der Waals surface area contributed by atoms with Gasteiger partial charge in [-0.3, -0.25) is 9.59 Å². The molecule has 1 amide bonds. The Morgan fingerprint density at radius 2 is 1.09 bits per heavy atom. The van der Waals surface area contributed by atoms with E-state index in [1.165, 1.54) is 89.9 Å². The van der Waals surface area contributed by atoms with Crippen molar-refractivity contribution < 1.29 is 19.4 Å². The van der Waals surface area contributed by atoms with Crippen molar-refractivity contribution >= 4 is 11.9 Å². The summed E-state index contributed by atoms with van der Waals surface area (Å²) < 4.78 is 5.36. The molecule has 0 radical (unpaired) electrons. The number of hydrogen-bond donors (Lipinski definition) is 2. The molecular formula is C28H55NO4. The van der Waals surface area contributed by atoms with Crippen molar-refractivity contribution in [2.45, 2.75) is 155 Å². The summed E-state index contributed by atoms with van der Waals surface area (Å²) in [6, 6.07) is 0. The van der Waals surface area contributed by atoms with Gasteiger partial charge in [0, 0.05) is 26.0 Å². The van der Waals surface area contributed by atoms with Gasteiger partial charge in [-0.1, -0.05) is 123 Å². The third kappa shape index (κ3) is 22.5. The predicted molar refractivity (Wildman–Crippen MR) is 138 cm³/mol. The first kappa shape index (κ1) is 31.9. The van der Waals surface area contributed by atoms with Crippen molar-refractivity contribution in [1.29, 1.82) is 0 Å². The van der Waals surface area contributed by atoms with E-state index in [4.69, 9.17) is 4.74 Å². The van der Waals surface area contributed by atoms with Crippen LogP contribution in [-0.2, 0) is 14.3 Å². The third-order valence-corrected chi connectivity index (χ3v) is 6.27. The Kier molecular flexibility index (Phi) is 24.7. The largest absolute Gasteiger partial charge is 0.452 e. The lowest BCUT2D eigenvalue weighted by Crippen LogP contribution is -2.38. The normalized spacial score (nSPS) is 12.0. The quantitative estimate of drug-likeness (QED) is 0.109. The predicted octanol–water partition coefficient (Wildman–Crippen LogP) is 7.24. The monoisotopic (exact) mass is 469 g/mol. The summed E-state index contributed by atoms with van der Waals surface area (Å²) in [7, 11) is 0. The number of hydrogen-bond acceptors (Lipinski definition) is 4. The van der Waals surface area contributed by atoms with E-state index >= 15 is 0 Å². The van der Waals surface area contributed by atoms with Gasteiger partial charge >= 0.3 is 5.97 Å². The number of aliphatic hydroxyl groups excluding tert-OH is 1. The van der Waals surface area contributed by atoms with Crippen molar-refractivity contribution in [3.8, 4) is 0 Å². The van der Waals surface area contributed by atoms with E-state index in [9.17, 15) is 14.7 Å². The van der Waals surface area contributed by atoms with Gasteiger partial charge in [0.15, 0.2) is 6.10 Å². The maximum absolute atomic E-state index is 12.4. The molecule has 0 heterocycles. The van der Waals surface area contributed by atoms with Gasteiger partial charge < -0.3 is 15.2 Å². The van der Waals surface area contributed by atoms with Crippen LogP contribution in [0.25, 0.3) is 0 Å². The second kappa shape index (κ2) is 25.5. The highest BCUT2D eigenvalue weighted by atomic mass is 16.5. The Bertz CT molecular complexity index is 442. The van der Waals surface area contributed by atoms with Gasteiger partial charge in [0.25, 0.3) is 5.91 Å². The van der Waals surface area contributed by atoms with E-state index in [-0.39, 0.29) is 24.9 Å². The molecule has 0 saturated heterocycles. The van der Waals surface area contributed by atoms with Crippen LogP contribution in [-0.4, -0.2) is 36.2 Å². The summed E-state index contributed by atoms with van der Waals surface area (Å²) in [6.07, 6.45) is 22.9. The third-order valence-electron chi connectivity index (χ3n) is 6.27. The highest BCUT2D eigenvalue weighted by molar-refractivity contribution is 5.83. The lowest BCUT2D eigenvalue weighted by molar-refractivity contribution is -0.156. The van der Waals surface area contributed by atoms with Gasteiger partial charge in [0.05, 0.1) is 0 Å². The number of carbonyl (C=O) groups excluding carboxylic acids is 2. The van der Waals surface area contributed by atoms with Gasteiger partial charge in [0.1, 0.15) is 0 Å². The van der Waals surface area contributed by atoms with E-state index in [0.29, 0.717) is 13.0 Å². The standard InChI is InChI=1S/C28H55NO4/c1-3-5-7-9-11-13-15-17-19-21-24-29-28(32)26(23-25-30)33-27(31)22-20-18-16-14-12-10-8-6-4-2/h26,30H,3-25H2,1-2H3,(H,29,32). The average molecular weight is 470 g/mol. The minimum Gasteiger partial charge on any atom is -0.452 e. The Morgan fingerprint density at radius 1 is 0.667 bits per heavy atom. The minimum absolute atomic E-state index is 0.160. The lowest BCUT2D eigenvalue weighted by Gasteiger charge is -2.17. The summed E-state index contributed by atoms with van der Waals surface area (Å²) >= 11 is 0. The molecule has 0 aromatic carbocycles. The van der Waals surface area contributed by atoms with Crippen LogP contribution in [0.1, 0.15) is 149 Å². The smallest absolute Gasteiger partial charge is 0.306 e. The maximum Gasteiger partial charge on any atom is 0.306 e. The summed E-state index contributed by atoms with van der Waals surface area (Å²) in [5, 5.41) is 12.1. The van der Waals surface area contributed by atoms with Crippen LogP contribution < -0.4 is 5.32 Å². The molecule has 0 aliphatic heterocycles. The van der Waals surface area contributed by atoms with E-state index in [1.807, 2.05) is 0 Å². The number of unbranched alkanes of at least 4 members (excludes halogenated alkanes) is 17. The Balaban J connectivity index is 3.76. The fraction of sp³-hybridized carbons (Fsp3) is 0.929. The number of ether oxygens (including phenoxy) is 1. The van der Waals surface area contributed by atoms with Crippen molar-refractivity contribution in [2.24, 2.45) is 0 Å². The molecule has 0 saturated carbocycles. The summed E-state index contributed by atoms with van der Waals surface area (Å²) in [4.78, 5) is 24.5. The van der Waals surface area contributed by atoms with Crippen molar-refractivity contribution in [1.82, 2.24) is 5.32 Å². The molecule has 33 heavy (non-hydrogen) atoms. The zero-order valence-electron chi connectivity index (χ0n) is 22.0. The second-order valence-corrected chi connectivity index (χ2v) is 9.54. The first-order valence-corrected chi connectivity index (χ1v) is 14.2. The molecular weight excluding hydrogens is 414 g/mol. The zero-order valence-corrected chi connectivity index (χ0v) is 22.0. The van der Waals surface area contributed by atoms with Crippen LogP contribution in [0.5, 0.6) is 0 Å². The lowest BCUT2D eigenvalue weighted by atomic mass is 10.1. The molecule has 0 aliphatic carbocycles. The highest BCUT2D eigenvalue weighted by Gasteiger charge is 2.21. The molecule has 1 atom stereocenters. The molecule has 2 N–H and O–H groups in total. The molecule has 0 fully saturated rings. The van der Waals surface area contributed by atoms with Crippen LogP contribution in [0.2, 0.25) is 0 Å². The number of aliphatic hydroxyl groups is 1. The average Bonchev–Trinajstić information content (AvgIpc) is 2.81. The number of nitrogens with one attached hydrogen (secondary N) is 1. The van der Waals surface area contributed by atoms with Gasteiger partial charge in [-0.25, -0.2) is 0 Å². The molecule has 0 aliphatic rings. The van der Waals surface area contributed by atoms with Crippen molar-refractivity contribution in [2.75, 3.05) is 13.2 Å². The van der Waals surface area contributed by atoms with Crippen LogP contribution in [0.15, 0.2) is 0 Å². The summed E-state index contributed by atoms with van der Waals surface area (Å²) in [6.45, 7) is 4.91. The second-order valence-electron chi connectivity index (χ2n) is 9.54. The summed E-state index contributed by atoms with van der Waals surface area (Å²) in [5.74, 6) is -0.606. The number of esters is 1. The van der Waals surface area contributed by atoms with Crippen molar-refractivity contribution in [3.63, 3.8) is 0 Å². The number of amides is 1. The zero-order chi connectivity index (χ0) is 24.4. The number of rotatable bonds is 25. The highest BCUT2D eigenvalue weighted by Crippen LogP contribution is 2.12. The van der Waals surface area contributed by atoms with Gasteiger partial charge in [-0.2, -0.15) is 0 Å². The fourth-order valence-corrected chi connectivity index (χ4v) is 4.10. The van der Waals surface area contributed by atoms with Gasteiger partial charge in [-0.15, -0.1) is 0 Å². The first-order chi connectivity index (χ1) is 16.2. The molecule has 0 rings (SSSR count). The van der Waals surface area contributed by atoms with Crippen LogP contribution in [0.4, 0.5) is 0 Å². The number of carbonyl (C=O) groups is 2. The maximum atomic E-state index is 12.4. The molecule has 0 aromatic rings. The van der Waals surface area contributed by atoms with Gasteiger partial charge in [-0.05, 0) is 12.8 Å². The van der Waals surface area contributed by atoms with E-state index in [1.54, 1.807) is 0 Å². The molecule has 0 bridgehead atoms. The SMILES string of the molecule is CCCCCCCCCCCCNC(=O)C(CCO)OC(=O)CCCCCCCCCCC. The molecule has 0 aromatic heterocycles. The van der Waals surface area contributed by atoms with Crippen molar-refractivity contribution in [3.05, 3.63) is 0 Å². The first-order valence-electron chi connectivity index (χ1n) is 14.2. The van der Waals surface area contributed by atoms with E-state index in [0.717, 1.165) is 32.1 Å². The molecule has 0 spiro atoms. The Labute approximate surface area is 204 Å². The molecule has 5 nitrogen and oxygen atoms in total. The minimum atomic E-state index is -0.871. The Hall–Kier alpha value is -1.10. The van der Waals surface area contributed by atoms with E-state index in [2.05, 4.69) is 19.2 Å². The fourth-order valence-electron chi connectivity index (χ4n) is 4.10. The van der Waals surface area contributed by atoms with Crippen LogP contribution in [0.3, 0.4) is 0 Å². The van der Waals surface area contributed by atoms with Gasteiger partial charge in [0.2, 0.25) is 0 Å². The molecule has 1 unspecified atom stereocenters.